The third-order valence-electron chi connectivity index (χ3n) is 3.20. The fraction of sp³-hybridized carbons (Fsp3) is 0. The fourth-order valence-electron chi connectivity index (χ4n) is 2.12. The zero-order valence-electron chi connectivity index (χ0n) is 11.5. The lowest BCUT2D eigenvalue weighted by Gasteiger charge is -2.09. The fourth-order valence-corrected chi connectivity index (χ4v) is 2.12. The van der Waals surface area contributed by atoms with Crippen molar-refractivity contribution in [2.24, 2.45) is 0 Å². The molecule has 0 spiro atoms. The second kappa shape index (κ2) is 5.62. The number of nitrogen functional groups attached to an aromatic ring is 1. The van der Waals surface area contributed by atoms with Gasteiger partial charge in [-0.25, -0.2) is 14.4 Å². The van der Waals surface area contributed by atoms with Gasteiger partial charge < -0.3 is 5.73 Å². The second-order valence-electron chi connectivity index (χ2n) is 4.64. The standard InChI is InChI=1S/C17H11FN4/c18-13-8-6-11(7-9-13)15-14(10-19)16(20)22-17(21-15)12-4-2-1-3-5-12/h1-9H,(H2,20,21,22). The molecule has 0 bridgehead atoms. The van der Waals surface area contributed by atoms with Gasteiger partial charge in [0.1, 0.15) is 23.3 Å². The second-order valence-corrected chi connectivity index (χ2v) is 4.64. The van der Waals surface area contributed by atoms with Crippen molar-refractivity contribution in [1.29, 1.82) is 5.26 Å². The maximum atomic E-state index is 13.1. The molecule has 2 N–H and O–H groups in total. The maximum Gasteiger partial charge on any atom is 0.162 e. The number of benzene rings is 2. The van der Waals surface area contributed by atoms with Gasteiger partial charge in [0.2, 0.25) is 0 Å². The van der Waals surface area contributed by atoms with Crippen LogP contribution in [0, 0.1) is 17.1 Å². The van der Waals surface area contributed by atoms with Crippen molar-refractivity contribution in [3.8, 4) is 28.7 Å². The number of aromatic nitrogens is 2. The Morgan fingerprint density at radius 1 is 0.909 bits per heavy atom. The molecule has 1 aromatic heterocycles. The third kappa shape index (κ3) is 2.50. The number of rotatable bonds is 2. The van der Waals surface area contributed by atoms with Crippen LogP contribution in [0.4, 0.5) is 10.2 Å². The molecular formula is C17H11FN4. The van der Waals surface area contributed by atoms with E-state index in [-0.39, 0.29) is 17.2 Å². The van der Waals surface area contributed by atoms with E-state index in [9.17, 15) is 9.65 Å². The largest absolute Gasteiger partial charge is 0.382 e. The molecular weight excluding hydrogens is 279 g/mol. The van der Waals surface area contributed by atoms with E-state index in [0.29, 0.717) is 17.1 Å². The van der Waals surface area contributed by atoms with Crippen molar-refractivity contribution in [2.45, 2.75) is 0 Å². The van der Waals surface area contributed by atoms with Crippen molar-refractivity contribution in [1.82, 2.24) is 9.97 Å². The van der Waals surface area contributed by atoms with Gasteiger partial charge in [0.25, 0.3) is 0 Å². The lowest BCUT2D eigenvalue weighted by atomic mass is 10.1. The first-order valence-electron chi connectivity index (χ1n) is 6.58. The molecule has 3 aromatic rings. The molecule has 1 heterocycles. The summed E-state index contributed by atoms with van der Waals surface area (Å²) in [6.45, 7) is 0. The molecule has 0 radical (unpaired) electrons. The average molecular weight is 290 g/mol. The molecule has 0 amide bonds. The Kier molecular flexibility index (Phi) is 3.50. The van der Waals surface area contributed by atoms with Crippen LogP contribution in [0.25, 0.3) is 22.6 Å². The number of hydrogen-bond acceptors (Lipinski definition) is 4. The molecule has 5 heteroatoms. The molecule has 3 rings (SSSR count). The van der Waals surface area contributed by atoms with E-state index in [1.165, 1.54) is 12.1 Å². The van der Waals surface area contributed by atoms with Gasteiger partial charge in [0.15, 0.2) is 5.82 Å². The van der Waals surface area contributed by atoms with Crippen LogP contribution in [0.1, 0.15) is 5.56 Å². The number of nitriles is 1. The SMILES string of the molecule is N#Cc1c(N)nc(-c2ccccc2)nc1-c1ccc(F)cc1. The van der Waals surface area contributed by atoms with Crippen LogP contribution in [0.15, 0.2) is 54.6 Å². The summed E-state index contributed by atoms with van der Waals surface area (Å²) < 4.78 is 13.1. The third-order valence-corrected chi connectivity index (χ3v) is 3.20. The minimum Gasteiger partial charge on any atom is -0.382 e. The Morgan fingerprint density at radius 3 is 2.23 bits per heavy atom. The lowest BCUT2D eigenvalue weighted by Crippen LogP contribution is -2.03. The summed E-state index contributed by atoms with van der Waals surface area (Å²) in [5.41, 5.74) is 7.88. The van der Waals surface area contributed by atoms with Gasteiger partial charge >= 0.3 is 0 Å². The number of hydrogen-bond donors (Lipinski definition) is 1. The van der Waals surface area contributed by atoms with Crippen molar-refractivity contribution in [3.05, 3.63) is 66.0 Å². The number of nitrogens with zero attached hydrogens (tertiary/aromatic N) is 3. The minimum absolute atomic E-state index is 0.107. The summed E-state index contributed by atoms with van der Waals surface area (Å²) in [6.07, 6.45) is 0. The van der Waals surface area contributed by atoms with Crippen LogP contribution >= 0.6 is 0 Å². The average Bonchev–Trinajstić information content (AvgIpc) is 2.55. The molecule has 0 saturated carbocycles. The van der Waals surface area contributed by atoms with Gasteiger partial charge in [0.05, 0.1) is 5.69 Å². The molecule has 0 unspecified atom stereocenters. The highest BCUT2D eigenvalue weighted by atomic mass is 19.1. The van der Waals surface area contributed by atoms with E-state index in [2.05, 4.69) is 9.97 Å². The van der Waals surface area contributed by atoms with Crippen LogP contribution in [0.2, 0.25) is 0 Å². The zero-order valence-corrected chi connectivity index (χ0v) is 11.5. The van der Waals surface area contributed by atoms with Gasteiger partial charge in [-0.1, -0.05) is 30.3 Å². The Balaban J connectivity index is 2.22. The predicted molar refractivity (Wildman–Crippen MR) is 82.0 cm³/mol. The highest BCUT2D eigenvalue weighted by molar-refractivity contribution is 5.74. The topological polar surface area (TPSA) is 75.6 Å². The molecule has 0 saturated heterocycles. The first-order chi connectivity index (χ1) is 10.7. The summed E-state index contributed by atoms with van der Waals surface area (Å²) in [4.78, 5) is 8.63. The molecule has 4 nitrogen and oxygen atoms in total. The molecule has 0 atom stereocenters. The van der Waals surface area contributed by atoms with Crippen LogP contribution in [0.3, 0.4) is 0 Å². The van der Waals surface area contributed by atoms with E-state index in [0.717, 1.165) is 5.56 Å². The van der Waals surface area contributed by atoms with Crippen molar-refractivity contribution in [3.63, 3.8) is 0 Å². The smallest absolute Gasteiger partial charge is 0.162 e. The highest BCUT2D eigenvalue weighted by Crippen LogP contribution is 2.27. The Bertz CT molecular complexity index is 852. The summed E-state index contributed by atoms with van der Waals surface area (Å²) in [5, 5.41) is 9.29. The first kappa shape index (κ1) is 13.7. The van der Waals surface area contributed by atoms with Gasteiger partial charge in [0, 0.05) is 11.1 Å². The highest BCUT2D eigenvalue weighted by Gasteiger charge is 2.15. The number of halogens is 1. The summed E-state index contributed by atoms with van der Waals surface area (Å²) in [7, 11) is 0. The van der Waals surface area contributed by atoms with Crippen LogP contribution in [-0.4, -0.2) is 9.97 Å². The van der Waals surface area contributed by atoms with Crippen molar-refractivity contribution < 1.29 is 4.39 Å². The Hall–Kier alpha value is -3.26. The van der Waals surface area contributed by atoms with E-state index in [4.69, 9.17) is 5.73 Å². The summed E-state index contributed by atoms with van der Waals surface area (Å²) >= 11 is 0. The Morgan fingerprint density at radius 2 is 1.59 bits per heavy atom. The number of nitrogens with two attached hydrogens (primary N) is 1. The first-order valence-corrected chi connectivity index (χ1v) is 6.58. The monoisotopic (exact) mass is 290 g/mol. The van der Waals surface area contributed by atoms with Gasteiger partial charge in [-0.15, -0.1) is 0 Å². The predicted octanol–water partition coefficient (Wildman–Crippen LogP) is 3.40. The normalized spacial score (nSPS) is 10.2. The minimum atomic E-state index is -0.354. The molecule has 106 valence electrons. The Labute approximate surface area is 126 Å². The molecule has 0 fully saturated rings. The summed E-state index contributed by atoms with van der Waals surface area (Å²) in [5.74, 6) is 0.180. The lowest BCUT2D eigenvalue weighted by molar-refractivity contribution is 0.628. The number of anilines is 1. The van der Waals surface area contributed by atoms with Gasteiger partial charge in [-0.05, 0) is 24.3 Å². The maximum absolute atomic E-state index is 13.1. The molecule has 0 aliphatic rings. The molecule has 0 aliphatic heterocycles. The summed E-state index contributed by atoms with van der Waals surface area (Å²) in [6, 6.07) is 17.1. The van der Waals surface area contributed by atoms with Crippen LogP contribution in [0.5, 0.6) is 0 Å². The quantitative estimate of drug-likeness (QED) is 0.784. The molecule has 0 aliphatic carbocycles. The van der Waals surface area contributed by atoms with Gasteiger partial charge in [-0.2, -0.15) is 5.26 Å². The van der Waals surface area contributed by atoms with Crippen LogP contribution in [-0.2, 0) is 0 Å². The van der Waals surface area contributed by atoms with E-state index < -0.39 is 0 Å². The zero-order chi connectivity index (χ0) is 15.5. The van der Waals surface area contributed by atoms with Crippen LogP contribution < -0.4 is 5.73 Å². The molecule has 22 heavy (non-hydrogen) atoms. The van der Waals surface area contributed by atoms with E-state index >= 15 is 0 Å². The van der Waals surface area contributed by atoms with Crippen molar-refractivity contribution in [2.75, 3.05) is 5.73 Å². The van der Waals surface area contributed by atoms with Gasteiger partial charge in [-0.3, -0.25) is 0 Å². The molecule has 2 aromatic carbocycles. The van der Waals surface area contributed by atoms with E-state index in [1.54, 1.807) is 12.1 Å². The van der Waals surface area contributed by atoms with Crippen molar-refractivity contribution >= 4 is 5.82 Å². The van der Waals surface area contributed by atoms with E-state index in [1.807, 2.05) is 36.4 Å².